The van der Waals surface area contributed by atoms with Gasteiger partial charge < -0.3 is 35.9 Å². The third-order valence-corrected chi connectivity index (χ3v) is 10.5. The maximum absolute atomic E-state index is 13.6. The van der Waals surface area contributed by atoms with Crippen LogP contribution in [0.2, 0.25) is 0 Å². The second kappa shape index (κ2) is 11.9. The third-order valence-electron chi connectivity index (χ3n) is 10.5. The maximum Gasteiger partial charge on any atom is 0.249 e. The minimum Gasteiger partial charge on any atom is -0.491 e. The van der Waals surface area contributed by atoms with Gasteiger partial charge in [-0.25, -0.2) is 0 Å². The number of hydrogen-bond donors (Lipinski definition) is 3. The Morgan fingerprint density at radius 2 is 1.84 bits per heavy atom. The number of carbonyl (C=O) groups excluding carboxylic acids is 2. The van der Waals surface area contributed by atoms with Crippen LogP contribution in [0.15, 0.2) is 28.6 Å². The molecule has 1 amide bonds. The summed E-state index contributed by atoms with van der Waals surface area (Å²) in [5.41, 5.74) is 9.74. The Kier molecular flexibility index (Phi) is 8.24. The zero-order chi connectivity index (χ0) is 30.4. The highest BCUT2D eigenvalue weighted by molar-refractivity contribution is 6.46. The number of rotatable bonds is 8. The highest BCUT2D eigenvalue weighted by Crippen LogP contribution is 2.43. The topological polar surface area (TPSA) is 127 Å². The Balaban J connectivity index is 1.25. The lowest BCUT2D eigenvalue weighted by atomic mass is 9.90. The first-order valence-electron chi connectivity index (χ1n) is 16.2. The maximum atomic E-state index is 13.6. The molecular formula is C33H47N7O3. The molecule has 232 valence electrons. The van der Waals surface area contributed by atoms with E-state index in [0.29, 0.717) is 54.7 Å². The van der Waals surface area contributed by atoms with Crippen molar-refractivity contribution in [3.05, 3.63) is 34.8 Å². The van der Waals surface area contributed by atoms with E-state index in [1.54, 1.807) is 4.90 Å². The molecule has 6 rings (SSSR count). The second-order valence-corrected chi connectivity index (χ2v) is 13.1. The molecule has 1 saturated heterocycles. The van der Waals surface area contributed by atoms with Crippen molar-refractivity contribution in [2.24, 2.45) is 28.5 Å². The molecule has 0 radical (unpaired) electrons. The van der Waals surface area contributed by atoms with E-state index in [2.05, 4.69) is 29.1 Å². The fraction of sp³-hybridized carbons (Fsp3) is 0.636. The number of Topliss-reactive ketones (excluding diaryl/α,β-unsaturated/α-hetero) is 1. The van der Waals surface area contributed by atoms with Gasteiger partial charge in [-0.05, 0) is 69.5 Å². The molecule has 2 aliphatic carbocycles. The first-order valence-corrected chi connectivity index (χ1v) is 16.2. The van der Waals surface area contributed by atoms with E-state index < -0.39 is 0 Å². The number of aliphatic imine (C=N–C) groups is 1. The number of ether oxygens (including phenoxy) is 1. The van der Waals surface area contributed by atoms with Gasteiger partial charge in [0.15, 0.2) is 11.8 Å². The fourth-order valence-electron chi connectivity index (χ4n) is 8.41. The van der Waals surface area contributed by atoms with E-state index >= 15 is 0 Å². The van der Waals surface area contributed by atoms with Crippen molar-refractivity contribution in [3.8, 4) is 5.75 Å². The van der Waals surface area contributed by atoms with Crippen molar-refractivity contribution in [3.63, 3.8) is 0 Å². The minimum atomic E-state index is -0.261. The van der Waals surface area contributed by atoms with Gasteiger partial charge in [0.2, 0.25) is 11.7 Å². The summed E-state index contributed by atoms with van der Waals surface area (Å²) in [6.07, 6.45) is 8.23. The average molecular weight is 590 g/mol. The van der Waals surface area contributed by atoms with Crippen LogP contribution in [0.4, 0.5) is 5.69 Å². The number of nitrogens with two attached hydrogens (primary N) is 1. The van der Waals surface area contributed by atoms with E-state index in [9.17, 15) is 9.59 Å². The number of anilines is 1. The minimum absolute atomic E-state index is 0.0334. The van der Waals surface area contributed by atoms with Gasteiger partial charge in [0.25, 0.3) is 0 Å². The summed E-state index contributed by atoms with van der Waals surface area (Å²) in [6, 6.07) is 3.64. The zero-order valence-corrected chi connectivity index (χ0v) is 26.1. The highest BCUT2D eigenvalue weighted by Gasteiger charge is 2.43. The lowest BCUT2D eigenvalue weighted by molar-refractivity contribution is -0.136. The smallest absolute Gasteiger partial charge is 0.249 e. The van der Waals surface area contributed by atoms with Crippen LogP contribution < -0.4 is 15.8 Å². The largest absolute Gasteiger partial charge is 0.491 e. The van der Waals surface area contributed by atoms with E-state index in [-0.39, 0.29) is 41.4 Å². The van der Waals surface area contributed by atoms with E-state index in [0.717, 1.165) is 68.7 Å². The molecule has 3 fully saturated rings. The summed E-state index contributed by atoms with van der Waals surface area (Å²) in [5, 5.41) is 12.1. The number of benzene rings is 1. The van der Waals surface area contributed by atoms with Crippen LogP contribution in [-0.2, 0) is 11.2 Å². The molecule has 3 unspecified atom stereocenters. The third kappa shape index (κ3) is 5.32. The first-order chi connectivity index (χ1) is 20.7. The van der Waals surface area contributed by atoms with Gasteiger partial charge in [0.1, 0.15) is 11.8 Å². The predicted molar refractivity (Wildman–Crippen MR) is 168 cm³/mol. The Bertz CT molecular complexity index is 1350. The molecule has 0 bridgehead atoms. The van der Waals surface area contributed by atoms with Crippen molar-refractivity contribution in [1.29, 1.82) is 5.41 Å². The number of nitrogens with one attached hydrogen (secondary N) is 2. The summed E-state index contributed by atoms with van der Waals surface area (Å²) in [4.78, 5) is 38.2. The zero-order valence-electron chi connectivity index (χ0n) is 26.1. The molecule has 3 atom stereocenters. The summed E-state index contributed by atoms with van der Waals surface area (Å²) < 4.78 is 6.02. The van der Waals surface area contributed by atoms with Crippen molar-refractivity contribution in [2.75, 3.05) is 39.1 Å². The Labute approximate surface area is 255 Å². The number of likely N-dealkylation sites (N-methyl/N-ethyl adjacent to an activating group) is 1. The summed E-state index contributed by atoms with van der Waals surface area (Å²) in [6.45, 7) is 6.70. The fourth-order valence-corrected chi connectivity index (χ4v) is 8.41. The molecule has 10 nitrogen and oxygen atoms in total. The van der Waals surface area contributed by atoms with E-state index in [1.165, 1.54) is 0 Å². The molecular weight excluding hydrogens is 542 g/mol. The predicted octanol–water partition coefficient (Wildman–Crippen LogP) is 4.21. The standard InChI is InChI=1S/C33H47N7O3/c1-5-26-31(40(22-9-7-8-10-22)27(6-2)32(42)39(26)4)37-33(35)36-25-12-11-23(24-13-14-43-30(24)25)29(41)28(34)19-15-20-17-38(3)18-21(20)16-19/h11-12,19-22,27,34H,5-10,13-18H2,1-4H3,(H3,35,36,37). The quantitative estimate of drug-likeness (QED) is 0.235. The lowest BCUT2D eigenvalue weighted by Crippen LogP contribution is -2.54. The van der Waals surface area contributed by atoms with Crippen molar-refractivity contribution < 1.29 is 14.3 Å². The number of amides is 1. The number of hydrogen-bond acceptors (Lipinski definition) is 7. The molecule has 1 aromatic carbocycles. The van der Waals surface area contributed by atoms with Gasteiger partial charge in [-0.2, -0.15) is 4.99 Å². The van der Waals surface area contributed by atoms with Gasteiger partial charge in [-0.15, -0.1) is 0 Å². The van der Waals surface area contributed by atoms with Gasteiger partial charge in [-0.3, -0.25) is 9.59 Å². The van der Waals surface area contributed by atoms with E-state index in [1.807, 2.05) is 26.1 Å². The van der Waals surface area contributed by atoms with Crippen molar-refractivity contribution >= 4 is 29.0 Å². The van der Waals surface area contributed by atoms with Crippen LogP contribution in [0.3, 0.4) is 0 Å². The van der Waals surface area contributed by atoms with Crippen LogP contribution in [0.25, 0.3) is 0 Å². The molecule has 1 aromatic rings. The van der Waals surface area contributed by atoms with E-state index in [4.69, 9.17) is 20.9 Å². The highest BCUT2D eigenvalue weighted by atomic mass is 16.5. The second-order valence-electron chi connectivity index (χ2n) is 13.1. The number of allylic oxidation sites excluding steroid dienone is 1. The monoisotopic (exact) mass is 589 g/mol. The number of likely N-dealkylation sites (tertiary alicyclic amines) is 1. The molecule has 43 heavy (non-hydrogen) atoms. The van der Waals surface area contributed by atoms with Crippen molar-refractivity contribution in [1.82, 2.24) is 14.7 Å². The van der Waals surface area contributed by atoms with Gasteiger partial charge in [-0.1, -0.05) is 26.7 Å². The Morgan fingerprint density at radius 1 is 1.14 bits per heavy atom. The molecule has 4 N–H and O–H groups in total. The van der Waals surface area contributed by atoms with Gasteiger partial charge >= 0.3 is 0 Å². The molecule has 3 aliphatic heterocycles. The Morgan fingerprint density at radius 3 is 2.49 bits per heavy atom. The summed E-state index contributed by atoms with van der Waals surface area (Å²) in [5.74, 6) is 2.74. The molecule has 3 heterocycles. The van der Waals surface area contributed by atoms with Gasteiger partial charge in [0, 0.05) is 49.6 Å². The summed E-state index contributed by atoms with van der Waals surface area (Å²) in [7, 11) is 3.99. The molecule has 5 aliphatic rings. The molecule has 0 aromatic heterocycles. The molecule has 0 spiro atoms. The molecule has 10 heteroatoms. The number of guanidine groups is 1. The number of fused-ring (bicyclic) bond motifs is 2. The van der Waals surface area contributed by atoms with Crippen LogP contribution in [0, 0.1) is 23.2 Å². The number of carbonyl (C=O) groups is 2. The van der Waals surface area contributed by atoms with Crippen LogP contribution in [-0.4, -0.2) is 83.9 Å². The van der Waals surface area contributed by atoms with Crippen LogP contribution in [0.1, 0.15) is 81.1 Å². The summed E-state index contributed by atoms with van der Waals surface area (Å²) >= 11 is 0. The molecule has 2 saturated carbocycles. The average Bonchev–Trinajstić information content (AvgIpc) is 3.79. The van der Waals surface area contributed by atoms with Crippen molar-refractivity contribution in [2.45, 2.75) is 83.7 Å². The normalized spacial score (nSPS) is 28.0. The lowest BCUT2D eigenvalue weighted by Gasteiger charge is -2.44. The first kappa shape index (κ1) is 29.7. The number of ketones is 1. The SMILES string of the molecule is CCC1=C(N=C(N)Nc2ccc(C(=O)C(=N)C3CC4CN(C)CC4C3)c3c2OCC3)N(C2CCCC2)C(CC)C(=O)N1C. The number of nitrogens with zero attached hydrogens (tertiary/aromatic N) is 4. The van der Waals surface area contributed by atoms with Gasteiger partial charge in [0.05, 0.1) is 23.7 Å². The van der Waals surface area contributed by atoms with Crippen LogP contribution in [0.5, 0.6) is 5.75 Å². The Hall–Kier alpha value is -3.40. The van der Waals surface area contributed by atoms with Crippen LogP contribution >= 0.6 is 0 Å².